The van der Waals surface area contributed by atoms with E-state index in [4.69, 9.17) is 34.8 Å². The van der Waals surface area contributed by atoms with Crippen LogP contribution >= 0.6 is 34.8 Å². The Labute approximate surface area is 140 Å². The van der Waals surface area contributed by atoms with Crippen molar-refractivity contribution in [3.05, 3.63) is 50.7 Å². The van der Waals surface area contributed by atoms with Crippen molar-refractivity contribution >= 4 is 34.8 Å². The molecule has 1 N–H and O–H groups in total. The second kappa shape index (κ2) is 7.50. The lowest BCUT2D eigenvalue weighted by molar-refractivity contribution is 0.530. The van der Waals surface area contributed by atoms with E-state index >= 15 is 0 Å². The molecule has 21 heavy (non-hydrogen) atoms. The molecule has 0 bridgehead atoms. The topological polar surface area (TPSA) is 29.9 Å². The third kappa shape index (κ3) is 3.54. The highest BCUT2D eigenvalue weighted by Crippen LogP contribution is 2.36. The van der Waals surface area contributed by atoms with Gasteiger partial charge in [-0.15, -0.1) is 0 Å². The first-order valence-corrected chi connectivity index (χ1v) is 8.12. The van der Waals surface area contributed by atoms with Crippen LogP contribution < -0.4 is 5.32 Å². The summed E-state index contributed by atoms with van der Waals surface area (Å²) in [6, 6.07) is 5.33. The van der Waals surface area contributed by atoms with E-state index in [2.05, 4.69) is 17.3 Å². The van der Waals surface area contributed by atoms with E-state index < -0.39 is 0 Å². The summed E-state index contributed by atoms with van der Waals surface area (Å²) < 4.78 is 1.87. The van der Waals surface area contributed by atoms with Gasteiger partial charge >= 0.3 is 0 Å². The van der Waals surface area contributed by atoms with Crippen molar-refractivity contribution in [1.82, 2.24) is 15.1 Å². The fourth-order valence-electron chi connectivity index (χ4n) is 2.32. The average Bonchev–Trinajstić information content (AvgIpc) is 2.83. The van der Waals surface area contributed by atoms with Crippen molar-refractivity contribution in [3.8, 4) is 0 Å². The van der Waals surface area contributed by atoms with Crippen LogP contribution in [0, 0.1) is 0 Å². The maximum absolute atomic E-state index is 6.37. The molecule has 114 valence electrons. The molecule has 0 spiro atoms. The van der Waals surface area contributed by atoms with Gasteiger partial charge in [-0.05, 0) is 32.0 Å². The average molecular weight is 347 g/mol. The molecule has 1 aromatic carbocycles. The largest absolute Gasteiger partial charge is 0.305 e. The molecule has 0 saturated carbocycles. The van der Waals surface area contributed by atoms with Crippen LogP contribution in [0.1, 0.15) is 37.6 Å². The Kier molecular flexibility index (Phi) is 5.94. The molecule has 0 amide bonds. The lowest BCUT2D eigenvalue weighted by Gasteiger charge is -2.23. The van der Waals surface area contributed by atoms with Crippen LogP contribution in [0.3, 0.4) is 0 Å². The Morgan fingerprint density at radius 1 is 1.14 bits per heavy atom. The lowest BCUT2D eigenvalue weighted by atomic mass is 10.0. The Morgan fingerprint density at radius 3 is 2.38 bits per heavy atom. The summed E-state index contributed by atoms with van der Waals surface area (Å²) in [6.07, 6.45) is 2.65. The van der Waals surface area contributed by atoms with Crippen molar-refractivity contribution in [2.75, 3.05) is 6.54 Å². The maximum atomic E-state index is 6.37. The highest BCUT2D eigenvalue weighted by molar-refractivity contribution is 6.36. The number of rotatable bonds is 6. The second-order valence-electron chi connectivity index (χ2n) is 4.72. The molecule has 0 aliphatic heterocycles. The monoisotopic (exact) mass is 345 g/mol. The molecule has 1 unspecified atom stereocenters. The first-order valence-electron chi connectivity index (χ1n) is 6.98. The van der Waals surface area contributed by atoms with Gasteiger partial charge in [-0.25, -0.2) is 0 Å². The number of halogens is 3. The zero-order valence-electron chi connectivity index (χ0n) is 12.0. The van der Waals surface area contributed by atoms with Crippen LogP contribution in [0.15, 0.2) is 24.4 Å². The maximum Gasteiger partial charge on any atom is 0.0837 e. The highest BCUT2D eigenvalue weighted by atomic mass is 35.5. The summed E-state index contributed by atoms with van der Waals surface area (Å²) in [4.78, 5) is 0. The predicted octanol–water partition coefficient (Wildman–Crippen LogP) is 4.95. The number of benzene rings is 1. The first-order chi connectivity index (χ1) is 10.1. The van der Waals surface area contributed by atoms with Gasteiger partial charge in [0, 0.05) is 22.2 Å². The molecule has 1 atom stereocenters. The van der Waals surface area contributed by atoms with Crippen LogP contribution in [0.2, 0.25) is 15.1 Å². The number of nitrogens with zero attached hydrogens (tertiary/aromatic N) is 2. The van der Waals surface area contributed by atoms with E-state index in [1.807, 2.05) is 29.8 Å². The van der Waals surface area contributed by atoms with Crippen LogP contribution in [0.4, 0.5) is 0 Å². The Bertz CT molecular complexity index is 590. The molecule has 1 heterocycles. The van der Waals surface area contributed by atoms with Gasteiger partial charge in [0.2, 0.25) is 0 Å². The Morgan fingerprint density at radius 2 is 1.81 bits per heavy atom. The number of nitrogens with one attached hydrogen (secondary N) is 1. The van der Waals surface area contributed by atoms with Gasteiger partial charge in [0.25, 0.3) is 0 Å². The fraction of sp³-hybridized carbons (Fsp3) is 0.400. The lowest BCUT2D eigenvalue weighted by Crippen LogP contribution is -2.26. The predicted molar refractivity (Wildman–Crippen MR) is 89.5 cm³/mol. The fourth-order valence-corrected chi connectivity index (χ4v) is 3.19. The minimum Gasteiger partial charge on any atom is -0.305 e. The number of aryl methyl sites for hydroxylation is 1. The first kappa shape index (κ1) is 16.6. The van der Waals surface area contributed by atoms with E-state index in [0.29, 0.717) is 15.1 Å². The summed E-state index contributed by atoms with van der Waals surface area (Å²) in [5, 5.41) is 9.63. The SMILES string of the molecule is CCCNC(c1c(Cl)cccc1Cl)c1c(Cl)cnn1CC. The molecular formula is C15H18Cl3N3. The second-order valence-corrected chi connectivity index (χ2v) is 5.94. The van der Waals surface area contributed by atoms with Crippen LogP contribution in [-0.4, -0.2) is 16.3 Å². The smallest absolute Gasteiger partial charge is 0.0837 e. The summed E-state index contributed by atoms with van der Waals surface area (Å²) in [5.74, 6) is 0. The summed E-state index contributed by atoms with van der Waals surface area (Å²) >= 11 is 19.1. The molecule has 2 rings (SSSR count). The third-order valence-electron chi connectivity index (χ3n) is 3.29. The summed E-state index contributed by atoms with van der Waals surface area (Å²) in [7, 11) is 0. The molecule has 2 aromatic rings. The quantitative estimate of drug-likeness (QED) is 0.802. The van der Waals surface area contributed by atoms with Gasteiger partial charge in [0.1, 0.15) is 0 Å². The van der Waals surface area contributed by atoms with Crippen LogP contribution in [0.5, 0.6) is 0 Å². The molecule has 0 aliphatic rings. The van der Waals surface area contributed by atoms with E-state index in [-0.39, 0.29) is 6.04 Å². The van der Waals surface area contributed by atoms with Crippen molar-refractivity contribution in [2.45, 2.75) is 32.9 Å². The molecule has 3 nitrogen and oxygen atoms in total. The van der Waals surface area contributed by atoms with Crippen molar-refractivity contribution in [2.24, 2.45) is 0 Å². The van der Waals surface area contributed by atoms with Gasteiger partial charge in [-0.3, -0.25) is 4.68 Å². The summed E-state index contributed by atoms with van der Waals surface area (Å²) in [6.45, 7) is 5.70. The van der Waals surface area contributed by atoms with Crippen molar-refractivity contribution in [1.29, 1.82) is 0 Å². The molecular weight excluding hydrogens is 329 g/mol. The van der Waals surface area contributed by atoms with Gasteiger partial charge in [0.05, 0.1) is 23.0 Å². The molecule has 0 saturated heterocycles. The zero-order valence-corrected chi connectivity index (χ0v) is 14.3. The molecule has 0 aliphatic carbocycles. The summed E-state index contributed by atoms with van der Waals surface area (Å²) in [5.41, 5.74) is 1.73. The number of hydrogen-bond donors (Lipinski definition) is 1. The standard InChI is InChI=1S/C15H18Cl3N3/c1-3-8-19-14(13-10(16)6-5-7-11(13)17)15-12(18)9-20-21(15)4-2/h5-7,9,14,19H,3-4,8H2,1-2H3. The van der Waals surface area contributed by atoms with Gasteiger partial charge in [-0.2, -0.15) is 5.10 Å². The van der Waals surface area contributed by atoms with Gasteiger partial charge in [0.15, 0.2) is 0 Å². The minimum absolute atomic E-state index is 0.180. The van der Waals surface area contributed by atoms with Crippen molar-refractivity contribution < 1.29 is 0 Å². The normalized spacial score (nSPS) is 12.6. The van der Waals surface area contributed by atoms with E-state index in [1.54, 1.807) is 6.20 Å². The van der Waals surface area contributed by atoms with E-state index in [1.165, 1.54) is 0 Å². The number of aromatic nitrogens is 2. The highest BCUT2D eigenvalue weighted by Gasteiger charge is 2.25. The Hall–Kier alpha value is -0.740. The number of hydrogen-bond acceptors (Lipinski definition) is 2. The van der Waals surface area contributed by atoms with E-state index in [0.717, 1.165) is 30.8 Å². The van der Waals surface area contributed by atoms with Gasteiger partial charge < -0.3 is 5.32 Å². The van der Waals surface area contributed by atoms with Crippen LogP contribution in [0.25, 0.3) is 0 Å². The Balaban J connectivity index is 2.55. The van der Waals surface area contributed by atoms with E-state index in [9.17, 15) is 0 Å². The van der Waals surface area contributed by atoms with Crippen LogP contribution in [-0.2, 0) is 6.54 Å². The minimum atomic E-state index is -0.180. The van der Waals surface area contributed by atoms with Gasteiger partial charge in [-0.1, -0.05) is 47.8 Å². The van der Waals surface area contributed by atoms with Crippen molar-refractivity contribution in [3.63, 3.8) is 0 Å². The molecule has 0 fully saturated rings. The third-order valence-corrected chi connectivity index (χ3v) is 4.24. The molecule has 0 radical (unpaired) electrons. The zero-order chi connectivity index (χ0) is 15.4. The molecule has 6 heteroatoms. The molecule has 1 aromatic heterocycles.